The number of benzene rings is 1. The van der Waals surface area contributed by atoms with Gasteiger partial charge in [-0.25, -0.2) is 4.98 Å². The molecule has 23 heavy (non-hydrogen) atoms. The standard InChI is InChI=1S/C16H19BrClN3O2/c17-13-7-15-12(6-14(13)18)16(23)21(9-20-15)8-11(22)5-10-3-1-2-4-19-10/h6-7,9-11,19,22H,1-5,8H2/t10-,11?/m0/s1. The zero-order valence-corrected chi connectivity index (χ0v) is 15.0. The Labute approximate surface area is 147 Å². The SMILES string of the molecule is O=c1c2cc(Cl)c(Br)cc2ncn1CC(O)C[C@@H]1CCCCN1. The Hall–Kier alpha value is -0.950. The summed E-state index contributed by atoms with van der Waals surface area (Å²) >= 11 is 9.39. The molecule has 2 heterocycles. The van der Waals surface area contributed by atoms with E-state index in [0.717, 1.165) is 13.0 Å². The average Bonchev–Trinajstić information content (AvgIpc) is 2.53. The molecule has 1 unspecified atom stereocenters. The fraction of sp³-hybridized carbons (Fsp3) is 0.500. The Bertz CT molecular complexity index is 759. The zero-order chi connectivity index (χ0) is 16.4. The molecule has 2 aromatic rings. The first-order chi connectivity index (χ1) is 11.0. The number of nitrogens with zero attached hydrogens (tertiary/aromatic N) is 2. The van der Waals surface area contributed by atoms with E-state index in [1.165, 1.54) is 23.7 Å². The van der Waals surface area contributed by atoms with Crippen molar-refractivity contribution in [2.24, 2.45) is 0 Å². The molecule has 7 heteroatoms. The van der Waals surface area contributed by atoms with Gasteiger partial charge in [0.25, 0.3) is 5.56 Å². The maximum Gasteiger partial charge on any atom is 0.261 e. The number of aliphatic hydroxyl groups is 1. The molecule has 0 amide bonds. The first-order valence-corrected chi connectivity index (χ1v) is 8.97. The summed E-state index contributed by atoms with van der Waals surface area (Å²) in [5.74, 6) is 0. The molecule has 1 aliphatic heterocycles. The lowest BCUT2D eigenvalue weighted by molar-refractivity contribution is 0.123. The maximum atomic E-state index is 12.5. The molecule has 0 saturated carbocycles. The number of aromatic nitrogens is 2. The minimum atomic E-state index is -0.575. The summed E-state index contributed by atoms with van der Waals surface area (Å²) in [5, 5.41) is 14.6. The summed E-state index contributed by atoms with van der Waals surface area (Å²) < 4.78 is 2.17. The van der Waals surface area contributed by atoms with Gasteiger partial charge in [0.1, 0.15) is 0 Å². The van der Waals surface area contributed by atoms with Crippen molar-refractivity contribution in [2.45, 2.75) is 44.4 Å². The van der Waals surface area contributed by atoms with Crippen molar-refractivity contribution in [2.75, 3.05) is 6.54 Å². The highest BCUT2D eigenvalue weighted by atomic mass is 79.9. The third-order valence-corrected chi connectivity index (χ3v) is 5.44. The highest BCUT2D eigenvalue weighted by Crippen LogP contribution is 2.25. The van der Waals surface area contributed by atoms with Crippen molar-refractivity contribution in [3.63, 3.8) is 0 Å². The van der Waals surface area contributed by atoms with Gasteiger partial charge in [0.2, 0.25) is 0 Å². The third-order valence-electron chi connectivity index (χ3n) is 4.24. The molecule has 2 atom stereocenters. The summed E-state index contributed by atoms with van der Waals surface area (Å²) in [5.41, 5.74) is 0.408. The topological polar surface area (TPSA) is 67.2 Å². The predicted octanol–water partition coefficient (Wildman–Crippen LogP) is 2.71. The van der Waals surface area contributed by atoms with Gasteiger partial charge >= 0.3 is 0 Å². The van der Waals surface area contributed by atoms with Crippen molar-refractivity contribution in [1.82, 2.24) is 14.9 Å². The van der Waals surface area contributed by atoms with Crippen LogP contribution in [0.3, 0.4) is 0 Å². The number of nitrogens with one attached hydrogen (secondary N) is 1. The van der Waals surface area contributed by atoms with Crippen molar-refractivity contribution >= 4 is 38.4 Å². The zero-order valence-electron chi connectivity index (χ0n) is 12.6. The molecule has 1 fully saturated rings. The molecule has 5 nitrogen and oxygen atoms in total. The first-order valence-electron chi connectivity index (χ1n) is 7.80. The van der Waals surface area contributed by atoms with E-state index in [0.29, 0.717) is 32.9 Å². The van der Waals surface area contributed by atoms with E-state index in [1.807, 2.05) is 0 Å². The molecular weight excluding hydrogens is 382 g/mol. The lowest BCUT2D eigenvalue weighted by Crippen LogP contribution is -2.38. The molecule has 0 bridgehead atoms. The summed E-state index contributed by atoms with van der Waals surface area (Å²) in [6, 6.07) is 3.67. The molecule has 1 aromatic carbocycles. The second-order valence-electron chi connectivity index (χ2n) is 6.02. The number of piperidine rings is 1. The monoisotopic (exact) mass is 399 g/mol. The van der Waals surface area contributed by atoms with Crippen LogP contribution in [0, 0.1) is 0 Å². The number of hydrogen-bond donors (Lipinski definition) is 2. The minimum Gasteiger partial charge on any atom is -0.391 e. The van der Waals surface area contributed by atoms with Crippen molar-refractivity contribution in [3.8, 4) is 0 Å². The molecule has 1 aromatic heterocycles. The maximum absolute atomic E-state index is 12.5. The van der Waals surface area contributed by atoms with Crippen molar-refractivity contribution in [1.29, 1.82) is 0 Å². The fourth-order valence-corrected chi connectivity index (χ4v) is 3.53. The molecule has 0 spiro atoms. The number of rotatable bonds is 4. The fourth-order valence-electron chi connectivity index (χ4n) is 3.04. The molecular formula is C16H19BrClN3O2. The summed E-state index contributed by atoms with van der Waals surface area (Å²) in [6.07, 6.45) is 5.01. The molecule has 1 saturated heterocycles. The Balaban J connectivity index is 1.78. The second kappa shape index (κ2) is 7.30. The molecule has 3 rings (SSSR count). The minimum absolute atomic E-state index is 0.181. The number of fused-ring (bicyclic) bond motifs is 1. The second-order valence-corrected chi connectivity index (χ2v) is 7.28. The van der Waals surface area contributed by atoms with Gasteiger partial charge in [-0.1, -0.05) is 18.0 Å². The van der Waals surface area contributed by atoms with Crippen LogP contribution in [0.4, 0.5) is 0 Å². The van der Waals surface area contributed by atoms with Crippen molar-refractivity contribution < 1.29 is 5.11 Å². The van der Waals surface area contributed by atoms with Gasteiger partial charge in [0.15, 0.2) is 0 Å². The smallest absolute Gasteiger partial charge is 0.261 e. The van der Waals surface area contributed by atoms with Crippen LogP contribution in [-0.2, 0) is 6.54 Å². The van der Waals surface area contributed by atoms with Crippen LogP contribution in [0.15, 0.2) is 27.7 Å². The van der Waals surface area contributed by atoms with Crippen LogP contribution in [0.1, 0.15) is 25.7 Å². The van der Waals surface area contributed by atoms with E-state index in [2.05, 4.69) is 26.2 Å². The van der Waals surface area contributed by atoms with Gasteiger partial charge < -0.3 is 10.4 Å². The van der Waals surface area contributed by atoms with Crippen molar-refractivity contribution in [3.05, 3.63) is 38.3 Å². The number of hydrogen-bond acceptors (Lipinski definition) is 4. The van der Waals surface area contributed by atoms with E-state index in [1.54, 1.807) is 12.1 Å². The Morgan fingerprint density at radius 2 is 2.30 bits per heavy atom. The molecule has 1 aliphatic rings. The number of halogens is 2. The molecule has 0 aliphatic carbocycles. The van der Waals surface area contributed by atoms with Gasteiger partial charge in [0.05, 0.1) is 34.9 Å². The van der Waals surface area contributed by atoms with Crippen LogP contribution in [0.25, 0.3) is 10.9 Å². The highest BCUT2D eigenvalue weighted by molar-refractivity contribution is 9.10. The Morgan fingerprint density at radius 1 is 1.48 bits per heavy atom. The Kier molecular flexibility index (Phi) is 5.36. The average molecular weight is 401 g/mol. The van der Waals surface area contributed by atoms with E-state index in [9.17, 15) is 9.90 Å². The van der Waals surface area contributed by atoms with Gasteiger partial charge in [-0.05, 0) is 53.9 Å². The molecule has 0 radical (unpaired) electrons. The van der Waals surface area contributed by atoms with Crippen LogP contribution >= 0.6 is 27.5 Å². The van der Waals surface area contributed by atoms with Crippen LogP contribution in [-0.4, -0.2) is 33.3 Å². The van der Waals surface area contributed by atoms with Crippen LogP contribution in [0.5, 0.6) is 0 Å². The van der Waals surface area contributed by atoms with Crippen LogP contribution < -0.4 is 10.9 Å². The lowest BCUT2D eigenvalue weighted by atomic mass is 9.99. The third kappa shape index (κ3) is 3.94. The van der Waals surface area contributed by atoms with E-state index in [4.69, 9.17) is 11.6 Å². The van der Waals surface area contributed by atoms with Gasteiger partial charge in [-0.15, -0.1) is 0 Å². The molecule has 124 valence electrons. The van der Waals surface area contributed by atoms with Gasteiger partial charge in [-0.3, -0.25) is 9.36 Å². The highest BCUT2D eigenvalue weighted by Gasteiger charge is 2.18. The molecule has 2 N–H and O–H groups in total. The van der Waals surface area contributed by atoms with Gasteiger partial charge in [-0.2, -0.15) is 0 Å². The Morgan fingerprint density at radius 3 is 3.04 bits per heavy atom. The summed E-state index contributed by atoms with van der Waals surface area (Å²) in [4.78, 5) is 16.8. The van der Waals surface area contributed by atoms with Gasteiger partial charge in [0, 0.05) is 10.5 Å². The first kappa shape index (κ1) is 16.9. The van der Waals surface area contributed by atoms with Crippen LogP contribution in [0.2, 0.25) is 5.02 Å². The summed E-state index contributed by atoms with van der Waals surface area (Å²) in [7, 11) is 0. The van der Waals surface area contributed by atoms with E-state index >= 15 is 0 Å². The number of aliphatic hydroxyl groups excluding tert-OH is 1. The summed E-state index contributed by atoms with van der Waals surface area (Å²) in [6.45, 7) is 1.25. The quantitative estimate of drug-likeness (QED) is 0.828. The largest absolute Gasteiger partial charge is 0.391 e. The lowest BCUT2D eigenvalue weighted by Gasteiger charge is -2.25. The van der Waals surface area contributed by atoms with E-state index in [-0.39, 0.29) is 12.1 Å². The normalized spacial score (nSPS) is 19.9. The van der Waals surface area contributed by atoms with E-state index < -0.39 is 6.10 Å². The predicted molar refractivity (Wildman–Crippen MR) is 95.0 cm³/mol.